The predicted molar refractivity (Wildman–Crippen MR) is 110 cm³/mol. The number of hydrogen-bond acceptors (Lipinski definition) is 8. The Morgan fingerprint density at radius 1 is 0.844 bits per heavy atom. The van der Waals surface area contributed by atoms with Crippen LogP contribution in [0.25, 0.3) is 0 Å². The predicted octanol–water partition coefficient (Wildman–Crippen LogP) is 1.87. The molecule has 0 saturated carbocycles. The van der Waals surface area contributed by atoms with Gasteiger partial charge in [0.2, 0.25) is 0 Å². The highest BCUT2D eigenvalue weighted by molar-refractivity contribution is 6.02. The van der Waals surface area contributed by atoms with Gasteiger partial charge in [-0.15, -0.1) is 0 Å². The van der Waals surface area contributed by atoms with Crippen LogP contribution in [0.1, 0.15) is 0 Å². The molecule has 1 aliphatic heterocycles. The Bertz CT molecular complexity index is 1040. The third-order valence-electron chi connectivity index (χ3n) is 4.87. The summed E-state index contributed by atoms with van der Waals surface area (Å²) in [7, 11) is 0. The average molecular weight is 446 g/mol. The maximum Gasteiger partial charge on any atom is 0.329 e. The number of carbonyl (C=O) groups excluding carboxylic acids is 2. The van der Waals surface area contributed by atoms with Crippen LogP contribution < -0.4 is 10.6 Å². The lowest BCUT2D eigenvalue weighted by atomic mass is 10.2. The largest absolute Gasteiger partial charge is 0.506 e. The van der Waals surface area contributed by atoms with Crippen LogP contribution in [0.4, 0.5) is 32.3 Å². The fourth-order valence-corrected chi connectivity index (χ4v) is 3.20. The van der Waals surface area contributed by atoms with Gasteiger partial charge in [-0.05, 0) is 12.1 Å². The van der Waals surface area contributed by atoms with Crippen LogP contribution in [0.15, 0.2) is 36.4 Å². The number of primary amides is 1. The zero-order chi connectivity index (χ0) is 23.6. The zero-order valence-electron chi connectivity index (χ0n) is 16.4. The van der Waals surface area contributed by atoms with E-state index in [9.17, 15) is 40.0 Å². The van der Waals surface area contributed by atoms with Crippen LogP contribution >= 0.6 is 0 Å². The van der Waals surface area contributed by atoms with E-state index in [0.717, 1.165) is 41.3 Å². The molecule has 0 aromatic heterocycles. The van der Waals surface area contributed by atoms with E-state index in [1.54, 1.807) is 0 Å². The molecule has 0 radical (unpaired) electrons. The Labute approximate surface area is 180 Å². The van der Waals surface area contributed by atoms with Gasteiger partial charge in [0.1, 0.15) is 11.5 Å². The number of nitrogens with two attached hydrogens (primary N) is 1. The van der Waals surface area contributed by atoms with Crippen molar-refractivity contribution in [3.63, 3.8) is 0 Å². The van der Waals surface area contributed by atoms with Gasteiger partial charge >= 0.3 is 12.1 Å². The van der Waals surface area contributed by atoms with Crippen molar-refractivity contribution in [3.05, 3.63) is 56.6 Å². The molecule has 32 heavy (non-hydrogen) atoms. The minimum Gasteiger partial charge on any atom is -0.506 e. The zero-order valence-corrected chi connectivity index (χ0v) is 16.4. The van der Waals surface area contributed by atoms with Gasteiger partial charge in [0.15, 0.2) is 0 Å². The SMILES string of the molecule is NC(=O)N1CCN(C(=O)N(c2cc([N+](=O)[O-])ccc2O)c2cc([N+](=O)[O-])ccc2O)CC1. The molecule has 168 valence electrons. The van der Waals surface area contributed by atoms with Crippen LogP contribution in [0, 0.1) is 20.2 Å². The number of nitrogens with zero attached hydrogens (tertiary/aromatic N) is 5. The number of phenolic OH excluding ortho intramolecular Hbond substituents is 2. The summed E-state index contributed by atoms with van der Waals surface area (Å²) in [6.45, 7) is 0.279. The Hall–Kier alpha value is -4.62. The third-order valence-corrected chi connectivity index (χ3v) is 4.87. The molecule has 1 aliphatic rings. The van der Waals surface area contributed by atoms with Gasteiger partial charge in [0.25, 0.3) is 11.4 Å². The summed E-state index contributed by atoms with van der Waals surface area (Å²) >= 11 is 0. The van der Waals surface area contributed by atoms with E-state index in [1.165, 1.54) is 9.80 Å². The molecule has 0 spiro atoms. The van der Waals surface area contributed by atoms with Crippen molar-refractivity contribution >= 4 is 34.8 Å². The maximum absolute atomic E-state index is 13.4. The number of rotatable bonds is 4. The first kappa shape index (κ1) is 22.1. The number of aromatic hydroxyl groups is 2. The van der Waals surface area contributed by atoms with Crippen LogP contribution in [0.2, 0.25) is 0 Å². The van der Waals surface area contributed by atoms with Crippen LogP contribution in [-0.2, 0) is 0 Å². The number of nitro groups is 2. The number of amides is 4. The van der Waals surface area contributed by atoms with Crippen molar-refractivity contribution in [2.75, 3.05) is 31.1 Å². The fraction of sp³-hybridized carbons (Fsp3) is 0.222. The van der Waals surface area contributed by atoms with E-state index < -0.39 is 44.8 Å². The Balaban J connectivity index is 2.11. The molecule has 3 rings (SSSR count). The van der Waals surface area contributed by atoms with Crippen molar-refractivity contribution in [1.82, 2.24) is 9.80 Å². The number of carbonyl (C=O) groups is 2. The maximum atomic E-state index is 13.4. The summed E-state index contributed by atoms with van der Waals surface area (Å²) in [6, 6.07) is 4.33. The van der Waals surface area contributed by atoms with Crippen LogP contribution in [0.3, 0.4) is 0 Å². The van der Waals surface area contributed by atoms with Gasteiger partial charge in [-0.1, -0.05) is 0 Å². The number of phenols is 2. The molecular weight excluding hydrogens is 428 g/mol. The minimum absolute atomic E-state index is 0.0314. The number of hydrogen-bond donors (Lipinski definition) is 3. The second-order valence-electron chi connectivity index (χ2n) is 6.79. The van der Waals surface area contributed by atoms with E-state index in [1.807, 2.05) is 0 Å². The lowest BCUT2D eigenvalue weighted by Crippen LogP contribution is -2.54. The summed E-state index contributed by atoms with van der Waals surface area (Å²) in [6.07, 6.45) is 0. The molecule has 0 bridgehead atoms. The molecule has 2 aromatic rings. The number of benzene rings is 2. The number of non-ortho nitro benzene ring substituents is 2. The molecule has 0 unspecified atom stereocenters. The van der Waals surface area contributed by atoms with Crippen molar-refractivity contribution in [2.24, 2.45) is 5.73 Å². The molecule has 0 aliphatic carbocycles. The molecule has 14 heteroatoms. The first-order valence-electron chi connectivity index (χ1n) is 9.18. The van der Waals surface area contributed by atoms with E-state index in [4.69, 9.17) is 5.73 Å². The Kier molecular flexibility index (Phi) is 5.95. The highest BCUT2D eigenvalue weighted by Gasteiger charge is 2.32. The molecule has 2 aromatic carbocycles. The summed E-state index contributed by atoms with van der Waals surface area (Å²) in [5, 5.41) is 43.2. The Morgan fingerprint density at radius 3 is 1.62 bits per heavy atom. The van der Waals surface area contributed by atoms with Crippen LogP contribution in [0.5, 0.6) is 11.5 Å². The lowest BCUT2D eigenvalue weighted by Gasteiger charge is -2.37. The first-order valence-corrected chi connectivity index (χ1v) is 9.18. The number of anilines is 2. The Morgan fingerprint density at radius 2 is 1.25 bits per heavy atom. The first-order chi connectivity index (χ1) is 15.1. The van der Waals surface area contributed by atoms with Gasteiger partial charge in [0, 0.05) is 50.4 Å². The van der Waals surface area contributed by atoms with Gasteiger partial charge < -0.3 is 25.7 Å². The quantitative estimate of drug-likeness (QED) is 0.467. The summed E-state index contributed by atoms with van der Waals surface area (Å²) in [4.78, 5) is 49.0. The van der Waals surface area contributed by atoms with Gasteiger partial charge in [-0.3, -0.25) is 25.1 Å². The number of nitro benzene ring substituents is 2. The lowest BCUT2D eigenvalue weighted by molar-refractivity contribution is -0.384. The van der Waals surface area contributed by atoms with Gasteiger partial charge in [0.05, 0.1) is 21.2 Å². The molecule has 1 saturated heterocycles. The van der Waals surface area contributed by atoms with Crippen molar-refractivity contribution < 1.29 is 29.6 Å². The van der Waals surface area contributed by atoms with E-state index >= 15 is 0 Å². The minimum atomic E-state index is -0.833. The molecular formula is C18H18N6O8. The van der Waals surface area contributed by atoms with E-state index in [2.05, 4.69) is 0 Å². The smallest absolute Gasteiger partial charge is 0.329 e. The van der Waals surface area contributed by atoms with Crippen molar-refractivity contribution in [2.45, 2.75) is 0 Å². The van der Waals surface area contributed by atoms with Gasteiger partial charge in [-0.25, -0.2) is 9.59 Å². The molecule has 1 fully saturated rings. The van der Waals surface area contributed by atoms with Crippen molar-refractivity contribution in [1.29, 1.82) is 0 Å². The summed E-state index contributed by atoms with van der Waals surface area (Å²) in [5.41, 5.74) is 3.59. The molecule has 0 atom stereocenters. The molecule has 14 nitrogen and oxygen atoms in total. The second-order valence-corrected chi connectivity index (χ2v) is 6.79. The normalized spacial score (nSPS) is 13.5. The van der Waals surface area contributed by atoms with E-state index in [0.29, 0.717) is 0 Å². The van der Waals surface area contributed by atoms with Crippen molar-refractivity contribution in [3.8, 4) is 11.5 Å². The summed E-state index contributed by atoms with van der Waals surface area (Å²) in [5.74, 6) is -1.07. The highest BCUT2D eigenvalue weighted by atomic mass is 16.6. The molecule has 4 amide bonds. The monoisotopic (exact) mass is 446 g/mol. The second kappa shape index (κ2) is 8.63. The highest BCUT2D eigenvalue weighted by Crippen LogP contribution is 2.41. The van der Waals surface area contributed by atoms with Gasteiger partial charge in [-0.2, -0.15) is 0 Å². The topological polar surface area (TPSA) is 197 Å². The summed E-state index contributed by atoms with van der Waals surface area (Å²) < 4.78 is 0. The standard InChI is InChI=1S/C18H18N6O8/c19-17(27)20-5-7-21(8-6-20)18(28)22(13-9-11(23(29)30)1-3-15(13)25)14-10-12(24(31)32)2-4-16(14)26/h1-4,9-10,25-26H,5-8H2,(H2,19,27). The third kappa shape index (κ3) is 4.28. The van der Waals surface area contributed by atoms with E-state index in [-0.39, 0.29) is 37.6 Å². The molecule has 4 N–H and O–H groups in total. The van der Waals surface area contributed by atoms with Crippen LogP contribution in [-0.4, -0.2) is 68.1 Å². The fourth-order valence-electron chi connectivity index (χ4n) is 3.20. The molecule has 1 heterocycles. The number of piperazine rings is 1. The average Bonchev–Trinajstić information content (AvgIpc) is 2.75. The number of urea groups is 2.